The summed E-state index contributed by atoms with van der Waals surface area (Å²) in [5.74, 6) is 2.08. The summed E-state index contributed by atoms with van der Waals surface area (Å²) in [4.78, 5) is 1.11. The van der Waals surface area contributed by atoms with Crippen molar-refractivity contribution in [2.24, 2.45) is 0 Å². The van der Waals surface area contributed by atoms with Crippen molar-refractivity contribution in [3.63, 3.8) is 0 Å². The molecule has 16 heavy (non-hydrogen) atoms. The summed E-state index contributed by atoms with van der Waals surface area (Å²) in [5, 5.41) is 8.57. The molecular weight excluding hydrogens is 242 g/mol. The predicted octanol–water partition coefficient (Wildman–Crippen LogP) is 3.56. The van der Waals surface area contributed by atoms with Crippen molar-refractivity contribution in [1.29, 1.82) is 0 Å². The first-order valence-corrected chi connectivity index (χ1v) is 6.64. The highest BCUT2D eigenvalue weighted by atomic mass is 35.5. The minimum absolute atomic E-state index is 0.495. The Kier molecular flexibility index (Phi) is 2.48. The molecule has 5 heteroatoms. The Morgan fingerprint density at radius 1 is 1.44 bits per heavy atom. The molecule has 0 fully saturated rings. The summed E-state index contributed by atoms with van der Waals surface area (Å²) in [6, 6.07) is 4.43. The number of hydrogen-bond donors (Lipinski definition) is 0. The normalized spacial score (nSPS) is 19.8. The maximum atomic E-state index is 5.96. The van der Waals surface area contributed by atoms with Gasteiger partial charge < -0.3 is 4.57 Å². The van der Waals surface area contributed by atoms with Crippen LogP contribution in [0.25, 0.3) is 10.7 Å². The van der Waals surface area contributed by atoms with Crippen LogP contribution in [0.1, 0.15) is 31.6 Å². The summed E-state index contributed by atoms with van der Waals surface area (Å²) in [6.07, 6.45) is 3.46. The summed E-state index contributed by atoms with van der Waals surface area (Å²) < 4.78 is 3.06. The Hall–Kier alpha value is -0.870. The van der Waals surface area contributed by atoms with E-state index in [4.69, 9.17) is 11.6 Å². The van der Waals surface area contributed by atoms with Crippen LogP contribution in [0.3, 0.4) is 0 Å². The van der Waals surface area contributed by atoms with Gasteiger partial charge in [-0.2, -0.15) is 0 Å². The van der Waals surface area contributed by atoms with E-state index in [0.29, 0.717) is 6.04 Å². The van der Waals surface area contributed by atoms with Gasteiger partial charge in [-0.25, -0.2) is 0 Å². The third-order valence-electron chi connectivity index (χ3n) is 3.02. The highest BCUT2D eigenvalue weighted by Crippen LogP contribution is 2.34. The average Bonchev–Trinajstić information content (AvgIpc) is 2.84. The summed E-state index contributed by atoms with van der Waals surface area (Å²) in [6.45, 7) is 2.23. The van der Waals surface area contributed by atoms with E-state index in [9.17, 15) is 0 Å². The molecule has 1 aliphatic rings. The van der Waals surface area contributed by atoms with Crippen LogP contribution >= 0.6 is 22.9 Å². The second kappa shape index (κ2) is 3.86. The zero-order valence-corrected chi connectivity index (χ0v) is 10.6. The monoisotopic (exact) mass is 253 g/mol. The van der Waals surface area contributed by atoms with E-state index in [1.165, 1.54) is 12.8 Å². The largest absolute Gasteiger partial charge is 0.307 e. The molecule has 1 aliphatic heterocycles. The molecule has 0 saturated carbocycles. The molecule has 0 radical (unpaired) electrons. The fourth-order valence-corrected chi connectivity index (χ4v) is 3.27. The predicted molar refractivity (Wildman–Crippen MR) is 66.0 cm³/mol. The molecule has 0 spiro atoms. The molecule has 0 amide bonds. The number of rotatable bonds is 1. The van der Waals surface area contributed by atoms with Crippen molar-refractivity contribution in [2.45, 2.75) is 32.2 Å². The number of thiophene rings is 1. The highest BCUT2D eigenvalue weighted by Gasteiger charge is 2.22. The Balaban J connectivity index is 2.12. The maximum Gasteiger partial charge on any atom is 0.174 e. The van der Waals surface area contributed by atoms with Crippen LogP contribution in [0.5, 0.6) is 0 Å². The van der Waals surface area contributed by atoms with Crippen molar-refractivity contribution in [3.05, 3.63) is 22.3 Å². The average molecular weight is 254 g/mol. The first kappa shape index (κ1) is 10.3. The zero-order chi connectivity index (χ0) is 11.1. The lowest BCUT2D eigenvalue weighted by molar-refractivity contribution is 0.429. The summed E-state index contributed by atoms with van der Waals surface area (Å²) in [7, 11) is 0. The molecule has 0 aliphatic carbocycles. The van der Waals surface area contributed by atoms with Crippen LogP contribution in [-0.2, 0) is 6.42 Å². The third-order valence-corrected chi connectivity index (χ3v) is 4.25. The SMILES string of the molecule is CC1CCCc2nnc(-c3ccc(Cl)s3)n21. The molecule has 84 valence electrons. The highest BCUT2D eigenvalue weighted by molar-refractivity contribution is 7.19. The van der Waals surface area contributed by atoms with Gasteiger partial charge in [-0.15, -0.1) is 21.5 Å². The molecular formula is C11H12ClN3S. The molecule has 3 heterocycles. The van der Waals surface area contributed by atoms with Crippen LogP contribution in [0.2, 0.25) is 4.34 Å². The Morgan fingerprint density at radius 3 is 3.06 bits per heavy atom. The number of halogens is 1. The van der Waals surface area contributed by atoms with Gasteiger partial charge in [0.2, 0.25) is 0 Å². The van der Waals surface area contributed by atoms with E-state index in [1.54, 1.807) is 11.3 Å². The van der Waals surface area contributed by atoms with E-state index >= 15 is 0 Å². The first-order chi connectivity index (χ1) is 7.75. The molecule has 2 aromatic rings. The topological polar surface area (TPSA) is 30.7 Å². The molecule has 0 aromatic carbocycles. The Labute approximate surface area is 103 Å². The van der Waals surface area contributed by atoms with Crippen molar-refractivity contribution in [3.8, 4) is 10.7 Å². The van der Waals surface area contributed by atoms with E-state index in [-0.39, 0.29) is 0 Å². The minimum Gasteiger partial charge on any atom is -0.307 e. The van der Waals surface area contributed by atoms with Crippen LogP contribution < -0.4 is 0 Å². The Morgan fingerprint density at radius 2 is 2.31 bits per heavy atom. The van der Waals surface area contributed by atoms with Crippen LogP contribution in [-0.4, -0.2) is 14.8 Å². The van der Waals surface area contributed by atoms with Crippen molar-refractivity contribution >= 4 is 22.9 Å². The second-order valence-electron chi connectivity index (χ2n) is 4.15. The van der Waals surface area contributed by atoms with E-state index < -0.39 is 0 Å². The lowest BCUT2D eigenvalue weighted by atomic mass is 10.1. The molecule has 1 unspecified atom stereocenters. The lowest BCUT2D eigenvalue weighted by Gasteiger charge is -2.22. The standard InChI is InChI=1S/C11H12ClN3S/c1-7-3-2-4-10-13-14-11(15(7)10)8-5-6-9(12)16-8/h5-7H,2-4H2,1H3. The molecule has 3 rings (SSSR count). The van der Waals surface area contributed by atoms with Gasteiger partial charge in [0.1, 0.15) is 5.82 Å². The van der Waals surface area contributed by atoms with Gasteiger partial charge >= 0.3 is 0 Å². The number of nitrogens with zero attached hydrogens (tertiary/aromatic N) is 3. The van der Waals surface area contributed by atoms with Gasteiger partial charge in [-0.3, -0.25) is 0 Å². The molecule has 0 N–H and O–H groups in total. The van der Waals surface area contributed by atoms with Gasteiger partial charge in [0, 0.05) is 12.5 Å². The van der Waals surface area contributed by atoms with E-state index in [2.05, 4.69) is 21.7 Å². The fourth-order valence-electron chi connectivity index (χ4n) is 2.24. The number of fused-ring (bicyclic) bond motifs is 1. The fraction of sp³-hybridized carbons (Fsp3) is 0.455. The number of aryl methyl sites for hydroxylation is 1. The molecule has 0 saturated heterocycles. The van der Waals surface area contributed by atoms with Crippen molar-refractivity contribution in [1.82, 2.24) is 14.8 Å². The van der Waals surface area contributed by atoms with Gasteiger partial charge in [-0.1, -0.05) is 11.6 Å². The van der Waals surface area contributed by atoms with E-state index in [1.807, 2.05) is 12.1 Å². The van der Waals surface area contributed by atoms with Crippen LogP contribution in [0.15, 0.2) is 12.1 Å². The van der Waals surface area contributed by atoms with Gasteiger partial charge in [-0.05, 0) is 31.9 Å². The van der Waals surface area contributed by atoms with E-state index in [0.717, 1.165) is 27.3 Å². The van der Waals surface area contributed by atoms with Crippen LogP contribution in [0.4, 0.5) is 0 Å². The van der Waals surface area contributed by atoms with Crippen molar-refractivity contribution < 1.29 is 0 Å². The second-order valence-corrected chi connectivity index (χ2v) is 5.87. The van der Waals surface area contributed by atoms with Gasteiger partial charge in [0.15, 0.2) is 5.82 Å². The summed E-state index contributed by atoms with van der Waals surface area (Å²) >= 11 is 7.52. The zero-order valence-electron chi connectivity index (χ0n) is 8.98. The number of hydrogen-bond acceptors (Lipinski definition) is 3. The van der Waals surface area contributed by atoms with Crippen LogP contribution in [0, 0.1) is 0 Å². The first-order valence-electron chi connectivity index (χ1n) is 5.45. The molecule has 2 aromatic heterocycles. The van der Waals surface area contributed by atoms with Crippen molar-refractivity contribution in [2.75, 3.05) is 0 Å². The summed E-state index contributed by atoms with van der Waals surface area (Å²) in [5.41, 5.74) is 0. The van der Waals surface area contributed by atoms with Gasteiger partial charge in [0.25, 0.3) is 0 Å². The minimum atomic E-state index is 0.495. The Bertz CT molecular complexity index is 517. The maximum absolute atomic E-state index is 5.96. The lowest BCUT2D eigenvalue weighted by Crippen LogP contribution is -2.15. The van der Waals surface area contributed by atoms with Gasteiger partial charge in [0.05, 0.1) is 9.21 Å². The third kappa shape index (κ3) is 1.57. The molecule has 3 nitrogen and oxygen atoms in total. The number of aromatic nitrogens is 3. The molecule has 0 bridgehead atoms. The quantitative estimate of drug-likeness (QED) is 0.778. The smallest absolute Gasteiger partial charge is 0.174 e. The molecule has 1 atom stereocenters.